The van der Waals surface area contributed by atoms with Gasteiger partial charge in [-0.2, -0.15) is 13.2 Å². The number of alkyl halides is 3. The number of nitrogens with zero attached hydrogens (tertiary/aromatic N) is 1. The summed E-state index contributed by atoms with van der Waals surface area (Å²) in [4.78, 5) is 30.6. The summed E-state index contributed by atoms with van der Waals surface area (Å²) in [5.41, 5.74) is 7.57. The Kier molecular flexibility index (Phi) is 5.04. The maximum absolute atomic E-state index is 13.4. The molecule has 1 aromatic carbocycles. The number of rotatable bonds is 4. The van der Waals surface area contributed by atoms with Crippen LogP contribution >= 0.6 is 0 Å². The standard InChI is InChI=1S/C22H19F3N4O2/c1-11-15-3-2-4-16(22(23,24)25)19(15)28-17(11)9-14(20(26)31)8-12-7-13-5-6-18(30)29-21(13)27-10-12/h2-4,7-8,10,28H,5-6,9H2,1H3,(H2,26,31)(H,27,29,30). The summed E-state index contributed by atoms with van der Waals surface area (Å²) in [6.45, 7) is 1.70. The molecule has 0 unspecified atom stereocenters. The Hall–Kier alpha value is -3.62. The number of carbonyl (C=O) groups excluding carboxylic acids is 2. The fourth-order valence-corrected chi connectivity index (χ4v) is 3.77. The molecule has 0 bridgehead atoms. The first-order chi connectivity index (χ1) is 14.6. The number of fused-ring (bicyclic) bond motifs is 2. The largest absolute Gasteiger partial charge is 0.418 e. The van der Waals surface area contributed by atoms with Gasteiger partial charge < -0.3 is 16.0 Å². The SMILES string of the molecule is Cc1c(CC(=Cc2cnc3c(c2)CCC(=O)N3)C(N)=O)[nH]c2c(C(F)(F)F)cccc12. The summed E-state index contributed by atoms with van der Waals surface area (Å²) >= 11 is 0. The fourth-order valence-electron chi connectivity index (χ4n) is 3.77. The number of hydrogen-bond donors (Lipinski definition) is 3. The number of nitrogens with one attached hydrogen (secondary N) is 2. The Labute approximate surface area is 175 Å². The summed E-state index contributed by atoms with van der Waals surface area (Å²) < 4.78 is 40.1. The van der Waals surface area contributed by atoms with Gasteiger partial charge in [0.1, 0.15) is 5.82 Å². The van der Waals surface area contributed by atoms with Crippen LogP contribution in [-0.4, -0.2) is 21.8 Å². The van der Waals surface area contributed by atoms with E-state index in [1.165, 1.54) is 12.3 Å². The van der Waals surface area contributed by atoms with Crippen molar-refractivity contribution in [2.24, 2.45) is 5.73 Å². The minimum Gasteiger partial charge on any atom is -0.366 e. The van der Waals surface area contributed by atoms with Gasteiger partial charge in [0.05, 0.1) is 11.1 Å². The number of benzene rings is 1. The van der Waals surface area contributed by atoms with Gasteiger partial charge in [-0.3, -0.25) is 9.59 Å². The number of anilines is 1. The zero-order valence-corrected chi connectivity index (χ0v) is 16.6. The Balaban J connectivity index is 1.71. The number of amides is 2. The van der Waals surface area contributed by atoms with Crippen molar-refractivity contribution in [3.05, 3.63) is 64.0 Å². The zero-order valence-electron chi connectivity index (χ0n) is 16.6. The third-order valence-corrected chi connectivity index (χ3v) is 5.39. The van der Waals surface area contributed by atoms with Crippen molar-refractivity contribution in [3.63, 3.8) is 0 Å². The smallest absolute Gasteiger partial charge is 0.366 e. The average molecular weight is 428 g/mol. The predicted molar refractivity (Wildman–Crippen MR) is 110 cm³/mol. The third-order valence-electron chi connectivity index (χ3n) is 5.39. The zero-order chi connectivity index (χ0) is 22.3. The first-order valence-electron chi connectivity index (χ1n) is 9.60. The Morgan fingerprint density at radius 3 is 2.77 bits per heavy atom. The number of aromatic amines is 1. The lowest BCUT2D eigenvalue weighted by Crippen LogP contribution is -2.20. The second-order valence-electron chi connectivity index (χ2n) is 7.49. The van der Waals surface area contributed by atoms with E-state index in [2.05, 4.69) is 15.3 Å². The van der Waals surface area contributed by atoms with Gasteiger partial charge in [-0.25, -0.2) is 4.98 Å². The molecule has 3 heterocycles. The highest BCUT2D eigenvalue weighted by molar-refractivity contribution is 5.98. The van der Waals surface area contributed by atoms with E-state index < -0.39 is 17.6 Å². The highest BCUT2D eigenvalue weighted by Gasteiger charge is 2.33. The number of primary amides is 1. The van der Waals surface area contributed by atoms with E-state index in [9.17, 15) is 22.8 Å². The lowest BCUT2D eigenvalue weighted by Gasteiger charge is -2.15. The van der Waals surface area contributed by atoms with Crippen LogP contribution in [0, 0.1) is 6.92 Å². The molecule has 2 amide bonds. The molecule has 31 heavy (non-hydrogen) atoms. The van der Waals surface area contributed by atoms with E-state index in [4.69, 9.17) is 5.73 Å². The summed E-state index contributed by atoms with van der Waals surface area (Å²) in [5.74, 6) is -0.297. The number of nitrogens with two attached hydrogens (primary N) is 1. The fraction of sp³-hybridized carbons (Fsp3) is 0.227. The number of hydrogen-bond acceptors (Lipinski definition) is 3. The van der Waals surface area contributed by atoms with Crippen molar-refractivity contribution in [3.8, 4) is 0 Å². The number of pyridine rings is 1. The number of carbonyl (C=O) groups is 2. The molecule has 3 aromatic rings. The van der Waals surface area contributed by atoms with Crippen molar-refractivity contribution >= 4 is 34.6 Å². The van der Waals surface area contributed by atoms with E-state index in [0.717, 1.165) is 11.6 Å². The lowest BCUT2D eigenvalue weighted by atomic mass is 10.0. The van der Waals surface area contributed by atoms with Crippen molar-refractivity contribution in [1.29, 1.82) is 0 Å². The molecule has 6 nitrogen and oxygen atoms in total. The summed E-state index contributed by atoms with van der Waals surface area (Å²) in [7, 11) is 0. The third kappa shape index (κ3) is 4.03. The molecule has 160 valence electrons. The van der Waals surface area contributed by atoms with Crippen LogP contribution in [0.3, 0.4) is 0 Å². The van der Waals surface area contributed by atoms with Crippen LogP contribution in [0.2, 0.25) is 0 Å². The molecule has 0 spiro atoms. The van der Waals surface area contributed by atoms with Crippen LogP contribution in [0.5, 0.6) is 0 Å². The lowest BCUT2D eigenvalue weighted by molar-refractivity contribution is -0.136. The van der Waals surface area contributed by atoms with Crippen molar-refractivity contribution < 1.29 is 22.8 Å². The number of para-hydroxylation sites is 1. The summed E-state index contributed by atoms with van der Waals surface area (Å²) in [5, 5.41) is 3.13. The molecule has 0 saturated heterocycles. The molecular formula is C22H19F3N4O2. The van der Waals surface area contributed by atoms with E-state index >= 15 is 0 Å². The van der Waals surface area contributed by atoms with E-state index in [1.807, 2.05) is 6.07 Å². The topological polar surface area (TPSA) is 101 Å². The first-order valence-corrected chi connectivity index (χ1v) is 9.60. The second kappa shape index (κ2) is 7.57. The van der Waals surface area contributed by atoms with Crippen LogP contribution in [0.15, 0.2) is 36.0 Å². The average Bonchev–Trinajstić information content (AvgIpc) is 3.02. The van der Waals surface area contributed by atoms with Gasteiger partial charge in [-0.1, -0.05) is 12.1 Å². The molecule has 1 aliphatic heterocycles. The monoisotopic (exact) mass is 428 g/mol. The molecular weight excluding hydrogens is 409 g/mol. The van der Waals surface area contributed by atoms with E-state index in [0.29, 0.717) is 40.9 Å². The Morgan fingerprint density at radius 2 is 2.06 bits per heavy atom. The molecule has 2 aromatic heterocycles. The molecule has 0 radical (unpaired) electrons. The quantitative estimate of drug-likeness (QED) is 0.550. The molecule has 1 aliphatic rings. The number of H-pyrrole nitrogens is 1. The van der Waals surface area contributed by atoms with Gasteiger partial charge in [0.25, 0.3) is 0 Å². The minimum absolute atomic E-state index is 0.0162. The second-order valence-corrected chi connectivity index (χ2v) is 7.49. The molecule has 4 N–H and O–H groups in total. The van der Waals surface area contributed by atoms with Crippen LogP contribution in [0.1, 0.15) is 34.4 Å². The molecule has 0 fully saturated rings. The summed E-state index contributed by atoms with van der Waals surface area (Å²) in [6.07, 6.45) is -0.500. The van der Waals surface area contributed by atoms with E-state index in [1.54, 1.807) is 19.1 Å². The Bertz CT molecular complexity index is 1240. The highest BCUT2D eigenvalue weighted by atomic mass is 19.4. The Morgan fingerprint density at radius 1 is 1.29 bits per heavy atom. The van der Waals surface area contributed by atoms with E-state index in [-0.39, 0.29) is 23.4 Å². The van der Waals surface area contributed by atoms with Gasteiger partial charge in [0, 0.05) is 35.7 Å². The number of aromatic nitrogens is 2. The number of halogens is 3. The van der Waals surface area contributed by atoms with Gasteiger partial charge in [-0.05, 0) is 48.2 Å². The van der Waals surface area contributed by atoms with Crippen LogP contribution in [0.25, 0.3) is 17.0 Å². The molecule has 9 heteroatoms. The van der Waals surface area contributed by atoms with Crippen LogP contribution < -0.4 is 11.1 Å². The van der Waals surface area contributed by atoms with Gasteiger partial charge in [0.2, 0.25) is 11.8 Å². The van der Waals surface area contributed by atoms with Gasteiger partial charge >= 0.3 is 6.18 Å². The van der Waals surface area contributed by atoms with Crippen molar-refractivity contribution in [2.45, 2.75) is 32.4 Å². The van der Waals surface area contributed by atoms with Gasteiger partial charge in [0.15, 0.2) is 0 Å². The first kappa shape index (κ1) is 20.6. The minimum atomic E-state index is -4.50. The van der Waals surface area contributed by atoms with Gasteiger partial charge in [-0.15, -0.1) is 0 Å². The number of aryl methyl sites for hydroxylation is 2. The van der Waals surface area contributed by atoms with Crippen molar-refractivity contribution in [2.75, 3.05) is 5.32 Å². The maximum Gasteiger partial charge on any atom is 0.418 e. The predicted octanol–water partition coefficient (Wildman–Crippen LogP) is 3.89. The normalized spacial score (nSPS) is 14.5. The summed E-state index contributed by atoms with van der Waals surface area (Å²) in [6, 6.07) is 5.79. The molecule has 0 saturated carbocycles. The van der Waals surface area contributed by atoms with Crippen molar-refractivity contribution in [1.82, 2.24) is 9.97 Å². The molecule has 4 rings (SSSR count). The molecule has 0 atom stereocenters. The highest BCUT2D eigenvalue weighted by Crippen LogP contribution is 2.36. The van der Waals surface area contributed by atoms with Crippen LogP contribution in [0.4, 0.5) is 19.0 Å². The van der Waals surface area contributed by atoms with Crippen LogP contribution in [-0.2, 0) is 28.6 Å². The molecule has 0 aliphatic carbocycles. The maximum atomic E-state index is 13.4.